The van der Waals surface area contributed by atoms with E-state index in [9.17, 15) is 0 Å². The molecule has 0 fully saturated rings. The van der Waals surface area contributed by atoms with Gasteiger partial charge in [-0.25, -0.2) is 0 Å². The zero-order valence-corrected chi connectivity index (χ0v) is 12.5. The van der Waals surface area contributed by atoms with Crippen LogP contribution >= 0.6 is 0 Å². The van der Waals surface area contributed by atoms with E-state index >= 15 is 0 Å². The molecule has 0 aliphatic rings. The molecular formula is C17H25N3. The van der Waals surface area contributed by atoms with Crippen molar-refractivity contribution >= 4 is 0 Å². The van der Waals surface area contributed by atoms with Gasteiger partial charge in [0.25, 0.3) is 0 Å². The Morgan fingerprint density at radius 2 is 1.95 bits per heavy atom. The van der Waals surface area contributed by atoms with E-state index in [1.165, 1.54) is 36.8 Å². The highest BCUT2D eigenvalue weighted by molar-refractivity contribution is 5.20. The van der Waals surface area contributed by atoms with Crippen LogP contribution in [-0.4, -0.2) is 10.2 Å². The van der Waals surface area contributed by atoms with Crippen LogP contribution in [0.3, 0.4) is 0 Å². The number of rotatable bonds is 8. The quantitative estimate of drug-likeness (QED) is 0.699. The number of unbranched alkanes of at least 4 members (excludes halogenated alkanes) is 2. The van der Waals surface area contributed by atoms with Gasteiger partial charge >= 0.3 is 0 Å². The summed E-state index contributed by atoms with van der Waals surface area (Å²) in [5.74, 6) is 0. The second-order valence-electron chi connectivity index (χ2n) is 5.38. The lowest BCUT2D eigenvalue weighted by Gasteiger charge is -2.23. The summed E-state index contributed by atoms with van der Waals surface area (Å²) in [5, 5.41) is 10.7. The summed E-state index contributed by atoms with van der Waals surface area (Å²) in [6, 6.07) is 11.5. The first kappa shape index (κ1) is 14.8. The van der Waals surface area contributed by atoms with Gasteiger partial charge in [-0.15, -0.1) is 0 Å². The van der Waals surface area contributed by atoms with Crippen molar-refractivity contribution in [1.29, 1.82) is 0 Å². The third-order valence-electron chi connectivity index (χ3n) is 3.77. The number of hydrogen-bond donors (Lipinski definition) is 2. The van der Waals surface area contributed by atoms with Gasteiger partial charge in [0, 0.05) is 23.8 Å². The van der Waals surface area contributed by atoms with Crippen molar-refractivity contribution in [1.82, 2.24) is 15.5 Å². The maximum atomic E-state index is 4.03. The molecule has 2 aromatic rings. The lowest BCUT2D eigenvalue weighted by atomic mass is 9.99. The van der Waals surface area contributed by atoms with E-state index in [2.05, 4.69) is 59.7 Å². The SMILES string of the molecule is CCCCCC(NC(C)c1cn[nH]c1)c1ccccc1. The van der Waals surface area contributed by atoms with Crippen molar-refractivity contribution < 1.29 is 0 Å². The predicted molar refractivity (Wildman–Crippen MR) is 83.5 cm³/mol. The topological polar surface area (TPSA) is 40.7 Å². The minimum atomic E-state index is 0.306. The second-order valence-corrected chi connectivity index (χ2v) is 5.38. The fraction of sp³-hybridized carbons (Fsp3) is 0.471. The lowest BCUT2D eigenvalue weighted by molar-refractivity contribution is 0.427. The average Bonchev–Trinajstić information content (AvgIpc) is 3.01. The van der Waals surface area contributed by atoms with Gasteiger partial charge < -0.3 is 5.32 Å². The fourth-order valence-corrected chi connectivity index (χ4v) is 2.53. The summed E-state index contributed by atoms with van der Waals surface area (Å²) in [5.41, 5.74) is 2.58. The molecule has 1 aromatic carbocycles. The third-order valence-corrected chi connectivity index (χ3v) is 3.77. The molecule has 0 saturated heterocycles. The van der Waals surface area contributed by atoms with Gasteiger partial charge in [-0.3, -0.25) is 5.10 Å². The Kier molecular flexibility index (Phi) is 5.81. The van der Waals surface area contributed by atoms with E-state index < -0.39 is 0 Å². The van der Waals surface area contributed by atoms with E-state index in [0.717, 1.165) is 0 Å². The fourth-order valence-electron chi connectivity index (χ4n) is 2.53. The van der Waals surface area contributed by atoms with Crippen molar-refractivity contribution in [3.63, 3.8) is 0 Å². The average molecular weight is 271 g/mol. The molecule has 0 radical (unpaired) electrons. The first-order chi connectivity index (χ1) is 9.81. The molecule has 3 nitrogen and oxygen atoms in total. The Bertz CT molecular complexity index is 464. The molecule has 0 amide bonds. The van der Waals surface area contributed by atoms with Gasteiger partial charge in [-0.05, 0) is 18.9 Å². The van der Waals surface area contributed by atoms with Crippen molar-refractivity contribution in [2.24, 2.45) is 0 Å². The van der Waals surface area contributed by atoms with Crippen molar-refractivity contribution in [3.8, 4) is 0 Å². The Hall–Kier alpha value is -1.61. The number of benzene rings is 1. The summed E-state index contributed by atoms with van der Waals surface area (Å²) < 4.78 is 0. The van der Waals surface area contributed by atoms with Gasteiger partial charge in [0.05, 0.1) is 6.20 Å². The monoisotopic (exact) mass is 271 g/mol. The minimum Gasteiger partial charge on any atom is -0.303 e. The summed E-state index contributed by atoms with van der Waals surface area (Å²) >= 11 is 0. The third kappa shape index (κ3) is 4.20. The van der Waals surface area contributed by atoms with Crippen LogP contribution in [0.1, 0.15) is 62.7 Å². The molecule has 108 valence electrons. The predicted octanol–water partition coefficient (Wildman–Crippen LogP) is 4.38. The Morgan fingerprint density at radius 3 is 2.60 bits per heavy atom. The molecule has 0 saturated carbocycles. The van der Waals surface area contributed by atoms with Crippen molar-refractivity contribution in [2.75, 3.05) is 0 Å². The Labute approximate surface area is 121 Å². The van der Waals surface area contributed by atoms with Crippen LogP contribution in [-0.2, 0) is 0 Å². The van der Waals surface area contributed by atoms with Crippen LogP contribution in [0.2, 0.25) is 0 Å². The van der Waals surface area contributed by atoms with Crippen LogP contribution in [0.5, 0.6) is 0 Å². The standard InChI is InChI=1S/C17H25N3/c1-3-4-6-11-17(15-9-7-5-8-10-15)20-14(2)16-12-18-19-13-16/h5,7-10,12-14,17,20H,3-4,6,11H2,1-2H3,(H,18,19). The number of nitrogens with one attached hydrogen (secondary N) is 2. The first-order valence-corrected chi connectivity index (χ1v) is 7.61. The molecule has 2 rings (SSSR count). The van der Waals surface area contributed by atoms with Crippen molar-refractivity contribution in [3.05, 3.63) is 53.9 Å². The molecule has 0 spiro atoms. The summed E-state index contributed by atoms with van der Waals surface area (Å²) in [4.78, 5) is 0. The van der Waals surface area contributed by atoms with Gasteiger partial charge in [-0.2, -0.15) is 5.10 Å². The van der Waals surface area contributed by atoms with Crippen LogP contribution < -0.4 is 5.32 Å². The van der Waals surface area contributed by atoms with Crippen molar-refractivity contribution in [2.45, 2.75) is 51.6 Å². The number of nitrogens with zero attached hydrogens (tertiary/aromatic N) is 1. The molecule has 2 unspecified atom stereocenters. The number of H-pyrrole nitrogens is 1. The lowest BCUT2D eigenvalue weighted by Crippen LogP contribution is -2.24. The molecule has 0 aliphatic heterocycles. The minimum absolute atomic E-state index is 0.306. The first-order valence-electron chi connectivity index (χ1n) is 7.61. The van der Waals surface area contributed by atoms with Gasteiger partial charge in [0.1, 0.15) is 0 Å². The molecular weight excluding hydrogens is 246 g/mol. The highest BCUT2D eigenvalue weighted by atomic mass is 15.1. The molecule has 1 heterocycles. The number of aromatic amines is 1. The highest BCUT2D eigenvalue weighted by Gasteiger charge is 2.15. The number of hydrogen-bond acceptors (Lipinski definition) is 2. The summed E-state index contributed by atoms with van der Waals surface area (Å²) in [7, 11) is 0. The van der Waals surface area contributed by atoms with Crippen LogP contribution in [0.25, 0.3) is 0 Å². The molecule has 2 N–H and O–H groups in total. The van der Waals surface area contributed by atoms with Gasteiger partial charge in [0.15, 0.2) is 0 Å². The Balaban J connectivity index is 2.02. The van der Waals surface area contributed by atoms with E-state index in [0.29, 0.717) is 12.1 Å². The van der Waals surface area contributed by atoms with E-state index in [-0.39, 0.29) is 0 Å². The normalized spacial score (nSPS) is 14.1. The zero-order valence-electron chi connectivity index (χ0n) is 12.5. The maximum Gasteiger partial charge on any atom is 0.0534 e. The summed E-state index contributed by atoms with van der Waals surface area (Å²) in [6.45, 7) is 4.44. The molecule has 2 atom stereocenters. The number of aromatic nitrogens is 2. The highest BCUT2D eigenvalue weighted by Crippen LogP contribution is 2.23. The molecule has 20 heavy (non-hydrogen) atoms. The van der Waals surface area contributed by atoms with E-state index in [1.807, 2.05) is 12.4 Å². The summed E-state index contributed by atoms with van der Waals surface area (Å²) in [6.07, 6.45) is 8.86. The maximum absolute atomic E-state index is 4.03. The molecule has 1 aromatic heterocycles. The van der Waals surface area contributed by atoms with E-state index in [1.54, 1.807) is 0 Å². The van der Waals surface area contributed by atoms with E-state index in [4.69, 9.17) is 0 Å². The second kappa shape index (κ2) is 7.85. The van der Waals surface area contributed by atoms with Gasteiger partial charge in [0.2, 0.25) is 0 Å². The van der Waals surface area contributed by atoms with Crippen LogP contribution in [0, 0.1) is 0 Å². The van der Waals surface area contributed by atoms with Crippen LogP contribution in [0.4, 0.5) is 0 Å². The molecule has 0 aliphatic carbocycles. The van der Waals surface area contributed by atoms with Crippen LogP contribution in [0.15, 0.2) is 42.7 Å². The molecule has 3 heteroatoms. The zero-order chi connectivity index (χ0) is 14.2. The van der Waals surface area contributed by atoms with Gasteiger partial charge in [-0.1, -0.05) is 56.5 Å². The smallest absolute Gasteiger partial charge is 0.0534 e. The molecule has 0 bridgehead atoms. The largest absolute Gasteiger partial charge is 0.303 e. The Morgan fingerprint density at radius 1 is 1.15 bits per heavy atom.